The van der Waals surface area contributed by atoms with Crippen LogP contribution in [0.15, 0.2) is 0 Å². The van der Waals surface area contributed by atoms with Gasteiger partial charge in [-0.3, -0.25) is 0 Å². The first kappa shape index (κ1) is 24.8. The van der Waals surface area contributed by atoms with Crippen molar-refractivity contribution in [2.24, 2.45) is 0 Å². The van der Waals surface area contributed by atoms with Crippen LogP contribution in [0, 0.1) is 0 Å². The van der Waals surface area contributed by atoms with E-state index in [-0.39, 0.29) is 0 Å². The summed E-state index contributed by atoms with van der Waals surface area (Å²) in [7, 11) is -7.46. The van der Waals surface area contributed by atoms with Crippen LogP contribution in [0.3, 0.4) is 0 Å². The smallest absolute Gasteiger partial charge is 0.317 e. The van der Waals surface area contributed by atoms with Crippen LogP contribution in [0.25, 0.3) is 0 Å². The van der Waals surface area contributed by atoms with Gasteiger partial charge in [0.25, 0.3) is 37.1 Å². The fourth-order valence-corrected chi connectivity index (χ4v) is 20.4. The van der Waals surface area contributed by atoms with Gasteiger partial charge in [0.1, 0.15) is 0 Å². The van der Waals surface area contributed by atoms with E-state index >= 15 is 0 Å². The Kier molecular flexibility index (Phi) is 13.2. The third-order valence-electron chi connectivity index (χ3n) is 3.70. The third kappa shape index (κ3) is 11.6. The fourth-order valence-electron chi connectivity index (χ4n) is 2.74. The quantitative estimate of drug-likeness (QED) is 0.347. The molecule has 13 heteroatoms. The largest absolute Gasteiger partial charge is 0.420 e. The summed E-state index contributed by atoms with van der Waals surface area (Å²) in [6, 6.07) is 0.881. The first-order valence-electron chi connectivity index (χ1n) is 9.31. The van der Waals surface area contributed by atoms with Crippen LogP contribution in [-0.2, 0) is 34.8 Å². The molecule has 1 aliphatic heterocycles. The van der Waals surface area contributed by atoms with E-state index < -0.39 is 45.7 Å². The first-order valence-corrected chi connectivity index (χ1v) is 20.2. The standard InChI is InChI=1S/C13H36O8Si5/c1-14-9-10-16-12-11-15-8-7-13-26(6)20-24(4)18-22(2)17-23(3)19-25(5)21-26/h22-25H,7-13H2,1-6H3/t22-,23-,24-,25+,26?/m0/s1. The molecule has 1 aliphatic rings. The van der Waals surface area contributed by atoms with Gasteiger partial charge in [-0.1, -0.05) is 0 Å². The maximum absolute atomic E-state index is 6.33. The van der Waals surface area contributed by atoms with Crippen molar-refractivity contribution in [3.63, 3.8) is 0 Å². The van der Waals surface area contributed by atoms with Gasteiger partial charge in [-0.05, 0) is 45.2 Å². The highest BCUT2D eigenvalue weighted by Gasteiger charge is 2.38. The lowest BCUT2D eigenvalue weighted by atomic mass is 10.5. The molecule has 26 heavy (non-hydrogen) atoms. The van der Waals surface area contributed by atoms with Gasteiger partial charge in [0, 0.05) is 13.7 Å². The molecular formula is C13H36O8Si5. The van der Waals surface area contributed by atoms with Gasteiger partial charge in [-0.25, -0.2) is 0 Å². The van der Waals surface area contributed by atoms with Gasteiger partial charge >= 0.3 is 8.56 Å². The highest BCUT2D eigenvalue weighted by atomic mass is 28.5. The molecule has 0 aliphatic carbocycles. The topological polar surface area (TPSA) is 73.8 Å². The number of rotatable bonds is 10. The Labute approximate surface area is 166 Å². The molecule has 0 aromatic rings. The zero-order chi connectivity index (χ0) is 19.4. The Bertz CT molecular complexity index is 351. The van der Waals surface area contributed by atoms with E-state index in [9.17, 15) is 0 Å². The lowest BCUT2D eigenvalue weighted by Gasteiger charge is -2.36. The predicted molar refractivity (Wildman–Crippen MR) is 112 cm³/mol. The van der Waals surface area contributed by atoms with Crippen molar-refractivity contribution in [2.45, 2.75) is 45.2 Å². The van der Waals surface area contributed by atoms with Gasteiger partial charge < -0.3 is 34.8 Å². The first-order chi connectivity index (χ1) is 12.3. The summed E-state index contributed by atoms with van der Waals surface area (Å²) < 4.78 is 46.5. The monoisotopic (exact) mass is 460 g/mol. The van der Waals surface area contributed by atoms with Gasteiger partial charge in [-0.2, -0.15) is 0 Å². The van der Waals surface area contributed by atoms with Gasteiger partial charge in [-0.15, -0.1) is 0 Å². The number of methoxy groups -OCH3 is 1. The van der Waals surface area contributed by atoms with Crippen LogP contribution in [-0.4, -0.2) is 85.8 Å². The van der Waals surface area contributed by atoms with Crippen LogP contribution in [0.2, 0.25) is 38.8 Å². The summed E-state index contributed by atoms with van der Waals surface area (Å²) in [6.45, 7) is 13.4. The minimum absolute atomic E-state index is 0.589. The Hall–Kier alpha value is 0.764. The van der Waals surface area contributed by atoms with E-state index in [4.69, 9.17) is 34.8 Å². The second-order valence-corrected chi connectivity index (χ2v) is 18.8. The molecule has 0 saturated carbocycles. The molecule has 0 amide bonds. The van der Waals surface area contributed by atoms with E-state index in [0.717, 1.165) is 12.5 Å². The molecule has 0 spiro atoms. The summed E-state index contributed by atoms with van der Waals surface area (Å²) in [5, 5.41) is 0. The molecule has 156 valence electrons. The summed E-state index contributed by atoms with van der Waals surface area (Å²) in [6.07, 6.45) is 0.902. The molecule has 1 unspecified atom stereocenters. The summed E-state index contributed by atoms with van der Waals surface area (Å²) in [4.78, 5) is 0. The van der Waals surface area contributed by atoms with Crippen molar-refractivity contribution in [1.82, 2.24) is 0 Å². The summed E-state index contributed by atoms with van der Waals surface area (Å²) in [5.74, 6) is 0. The SMILES string of the molecule is COCCOCCOCCC[Si]1(C)O[Si@H](C)O[Si@@H](C)O[Si@H](C)O[Si@H](C)O1. The van der Waals surface area contributed by atoms with Crippen LogP contribution in [0.1, 0.15) is 6.42 Å². The minimum Gasteiger partial charge on any atom is -0.420 e. The van der Waals surface area contributed by atoms with Crippen molar-refractivity contribution in [3.8, 4) is 0 Å². The maximum atomic E-state index is 6.33. The lowest BCUT2D eigenvalue weighted by Crippen LogP contribution is -2.52. The van der Waals surface area contributed by atoms with Crippen molar-refractivity contribution in [1.29, 1.82) is 0 Å². The van der Waals surface area contributed by atoms with E-state index in [1.807, 2.05) is 0 Å². The molecule has 0 aromatic heterocycles. The Morgan fingerprint density at radius 3 is 1.69 bits per heavy atom. The Morgan fingerprint density at radius 2 is 1.15 bits per heavy atom. The normalized spacial score (nSPS) is 33.9. The Balaban J connectivity index is 2.35. The molecule has 1 fully saturated rings. The summed E-state index contributed by atoms with van der Waals surface area (Å²) >= 11 is 0. The second kappa shape index (κ2) is 13.9. The zero-order valence-corrected chi connectivity index (χ0v) is 22.6. The molecule has 5 atom stereocenters. The van der Waals surface area contributed by atoms with Crippen LogP contribution in [0.5, 0.6) is 0 Å². The van der Waals surface area contributed by atoms with Crippen molar-refractivity contribution >= 4 is 45.7 Å². The molecule has 0 bridgehead atoms. The minimum atomic E-state index is -2.31. The fraction of sp³-hybridized carbons (Fsp3) is 1.00. The molecule has 8 nitrogen and oxygen atoms in total. The molecule has 0 N–H and O–H groups in total. The van der Waals surface area contributed by atoms with E-state index in [1.165, 1.54) is 0 Å². The van der Waals surface area contributed by atoms with Crippen LogP contribution >= 0.6 is 0 Å². The highest BCUT2D eigenvalue weighted by Crippen LogP contribution is 2.21. The van der Waals surface area contributed by atoms with Crippen molar-refractivity contribution in [3.05, 3.63) is 0 Å². The van der Waals surface area contributed by atoms with Crippen molar-refractivity contribution < 1.29 is 34.8 Å². The van der Waals surface area contributed by atoms with E-state index in [1.54, 1.807) is 7.11 Å². The number of hydrogen-bond donors (Lipinski definition) is 0. The van der Waals surface area contributed by atoms with E-state index in [0.29, 0.717) is 33.0 Å². The van der Waals surface area contributed by atoms with E-state index in [2.05, 4.69) is 32.7 Å². The molecule has 1 rings (SSSR count). The average Bonchev–Trinajstić information content (AvgIpc) is 2.51. The molecule has 0 radical (unpaired) electrons. The molecule has 1 heterocycles. The van der Waals surface area contributed by atoms with Gasteiger partial charge in [0.15, 0.2) is 0 Å². The third-order valence-corrected chi connectivity index (χ3v) is 20.8. The van der Waals surface area contributed by atoms with Gasteiger partial charge in [0.2, 0.25) is 0 Å². The zero-order valence-electron chi connectivity index (χ0n) is 17.0. The van der Waals surface area contributed by atoms with Gasteiger partial charge in [0.05, 0.1) is 26.4 Å². The second-order valence-electron chi connectivity index (χ2n) is 6.37. The lowest BCUT2D eigenvalue weighted by molar-refractivity contribution is 0.0247. The Morgan fingerprint density at radius 1 is 0.692 bits per heavy atom. The van der Waals surface area contributed by atoms with Crippen molar-refractivity contribution in [2.75, 3.05) is 40.1 Å². The maximum Gasteiger partial charge on any atom is 0.317 e. The predicted octanol–water partition coefficient (Wildman–Crippen LogP) is 0.626. The molecular weight excluding hydrogens is 425 g/mol. The molecule has 1 saturated heterocycles. The number of hydrogen-bond acceptors (Lipinski definition) is 8. The average molecular weight is 461 g/mol. The summed E-state index contributed by atoms with van der Waals surface area (Å²) in [5.41, 5.74) is 0. The molecule has 0 aromatic carbocycles. The number of ether oxygens (including phenoxy) is 3. The van der Waals surface area contributed by atoms with Crippen LogP contribution in [0.4, 0.5) is 0 Å². The van der Waals surface area contributed by atoms with Crippen LogP contribution < -0.4 is 0 Å². The highest BCUT2D eigenvalue weighted by molar-refractivity contribution is 6.80.